The van der Waals surface area contributed by atoms with Crippen molar-refractivity contribution in [3.8, 4) is 28.3 Å². The Labute approximate surface area is 378 Å². The smallest absolute Gasteiger partial charge is 0.417 e. The first-order valence-electron chi connectivity index (χ1n) is 22.7. The number of benzene rings is 4. The largest absolute Gasteiger partial charge is 0.473 e. The summed E-state index contributed by atoms with van der Waals surface area (Å²) in [5.74, 6) is -0.310. The molecule has 334 valence electrons. The lowest BCUT2D eigenvalue weighted by molar-refractivity contribution is -0.172. The van der Waals surface area contributed by atoms with E-state index in [-0.39, 0.29) is 61.4 Å². The summed E-state index contributed by atoms with van der Waals surface area (Å²) in [6, 6.07) is 31.1. The van der Waals surface area contributed by atoms with Crippen molar-refractivity contribution in [1.82, 2.24) is 14.5 Å². The summed E-state index contributed by atoms with van der Waals surface area (Å²) in [5, 5.41) is 12.2. The maximum Gasteiger partial charge on any atom is 0.417 e. The van der Waals surface area contributed by atoms with Gasteiger partial charge in [-0.05, 0) is 89.0 Å². The molecule has 65 heavy (non-hydrogen) atoms. The van der Waals surface area contributed by atoms with Crippen LogP contribution >= 0.6 is 0 Å². The van der Waals surface area contributed by atoms with Crippen molar-refractivity contribution in [2.45, 2.75) is 96.9 Å². The summed E-state index contributed by atoms with van der Waals surface area (Å²) in [4.78, 5) is 62.0. The lowest BCUT2D eigenvalue weighted by Crippen LogP contribution is -2.44. The van der Waals surface area contributed by atoms with Crippen molar-refractivity contribution in [2.24, 2.45) is 0 Å². The predicted octanol–water partition coefficient (Wildman–Crippen LogP) is 9.36. The molecule has 1 aliphatic carbocycles. The van der Waals surface area contributed by atoms with Gasteiger partial charge in [-0.2, -0.15) is 0 Å². The van der Waals surface area contributed by atoms with Gasteiger partial charge in [0.1, 0.15) is 19.0 Å². The van der Waals surface area contributed by atoms with E-state index < -0.39 is 17.7 Å². The van der Waals surface area contributed by atoms with Crippen molar-refractivity contribution < 1.29 is 33.7 Å². The monoisotopic (exact) mass is 874 g/mol. The molecule has 0 saturated heterocycles. The van der Waals surface area contributed by atoms with Crippen molar-refractivity contribution >= 4 is 34.6 Å². The second-order valence-electron chi connectivity index (χ2n) is 17.3. The van der Waals surface area contributed by atoms with Crippen molar-refractivity contribution in [1.29, 1.82) is 0 Å². The number of rotatable bonds is 15. The molecule has 1 N–H and O–H groups in total. The first kappa shape index (κ1) is 43.5. The van der Waals surface area contributed by atoms with Gasteiger partial charge < -0.3 is 28.8 Å². The van der Waals surface area contributed by atoms with E-state index in [4.69, 9.17) is 19.2 Å². The third-order valence-electron chi connectivity index (χ3n) is 13.4. The molecule has 12 heteroatoms. The van der Waals surface area contributed by atoms with E-state index in [1.807, 2.05) is 68.6 Å². The van der Waals surface area contributed by atoms with Crippen LogP contribution < -0.4 is 15.2 Å². The summed E-state index contributed by atoms with van der Waals surface area (Å²) in [6.45, 7) is 6.45. The molecule has 0 spiro atoms. The van der Waals surface area contributed by atoms with E-state index in [2.05, 4.69) is 37.3 Å². The zero-order valence-corrected chi connectivity index (χ0v) is 37.4. The summed E-state index contributed by atoms with van der Waals surface area (Å²) >= 11 is 0. The molecule has 0 fully saturated rings. The van der Waals surface area contributed by atoms with Crippen LogP contribution in [0.25, 0.3) is 33.4 Å². The van der Waals surface area contributed by atoms with Crippen LogP contribution in [-0.4, -0.2) is 57.9 Å². The number of unbranched alkanes of at least 4 members (excludes halogenated alkanes) is 3. The average Bonchev–Trinajstić information content (AvgIpc) is 3.85. The molecule has 2 aliphatic heterocycles. The predicted molar refractivity (Wildman–Crippen MR) is 249 cm³/mol. The van der Waals surface area contributed by atoms with Gasteiger partial charge in [-0.15, -0.1) is 0 Å². The first-order chi connectivity index (χ1) is 31.5. The number of aryl methyl sites for hydroxylation is 1. The fraction of sp³-hybridized carbons (Fsp3) is 0.340. The number of carbonyl (C=O) groups excluding carboxylic acids is 3. The van der Waals surface area contributed by atoms with E-state index in [1.54, 1.807) is 28.5 Å². The second-order valence-corrected chi connectivity index (χ2v) is 17.3. The lowest BCUT2D eigenvalue weighted by atomic mass is 9.86. The normalized spacial score (nSPS) is 16.5. The number of amides is 2. The maximum absolute atomic E-state index is 14.2. The van der Waals surface area contributed by atoms with Gasteiger partial charge in [0.25, 0.3) is 5.56 Å². The molecule has 2 aromatic heterocycles. The van der Waals surface area contributed by atoms with Crippen molar-refractivity contribution in [3.63, 3.8) is 0 Å². The van der Waals surface area contributed by atoms with Crippen LogP contribution in [0.4, 0.5) is 10.5 Å². The zero-order chi connectivity index (χ0) is 45.4. The Bertz CT molecular complexity index is 2890. The van der Waals surface area contributed by atoms with Crippen LogP contribution in [0.3, 0.4) is 0 Å². The molecule has 0 bridgehead atoms. The van der Waals surface area contributed by atoms with Gasteiger partial charge in [0, 0.05) is 42.4 Å². The van der Waals surface area contributed by atoms with Gasteiger partial charge in [0.15, 0.2) is 12.3 Å². The molecule has 6 aromatic rings. The van der Waals surface area contributed by atoms with Gasteiger partial charge in [0.2, 0.25) is 5.91 Å². The summed E-state index contributed by atoms with van der Waals surface area (Å²) in [6.07, 6.45) is 4.90. The van der Waals surface area contributed by atoms with Crippen LogP contribution in [0, 0.1) is 0 Å². The van der Waals surface area contributed by atoms with Gasteiger partial charge >= 0.3 is 12.1 Å². The summed E-state index contributed by atoms with van der Waals surface area (Å²) in [7, 11) is 1.86. The van der Waals surface area contributed by atoms with Crippen LogP contribution in [0.2, 0.25) is 0 Å². The Hall–Kier alpha value is -6.79. The van der Waals surface area contributed by atoms with Gasteiger partial charge in [-0.3, -0.25) is 9.59 Å². The minimum atomic E-state index is -1.91. The Morgan fingerprint density at radius 1 is 0.892 bits per heavy atom. The van der Waals surface area contributed by atoms with E-state index in [0.717, 1.165) is 70.0 Å². The average molecular weight is 875 g/mol. The molecule has 4 heterocycles. The number of hydrogen-bond acceptors (Lipinski definition) is 9. The standard InChI is InChI=1S/C53H54N4O8/c1-5-8-9-13-20-48(58)55(4)28-33-21-23-39-37-18-14-15-19-38(37)43(40(39)25-33)30-64-52(61)57(34-16-11-10-12-17-34)32-65-35-22-24-46-41(26-35)36(6-2)42-29-56-47(49(42)54-46)27-45-44(50(56)59)31-63-51(60)53(45,62)7-3/h10-12,14-19,21-27,43,62H,5-9,13,20,28-32H2,1-4H3/t43?,53-/m0/s1. The molecular weight excluding hydrogens is 821 g/mol. The zero-order valence-electron chi connectivity index (χ0n) is 37.4. The number of fused-ring (bicyclic) bond motifs is 8. The van der Waals surface area contributed by atoms with Crippen LogP contribution in [-0.2, 0) is 50.8 Å². The number of para-hydroxylation sites is 1. The number of esters is 1. The van der Waals surface area contributed by atoms with Gasteiger partial charge in [-0.25, -0.2) is 19.5 Å². The molecule has 12 nitrogen and oxygen atoms in total. The number of aromatic nitrogens is 2. The molecule has 0 saturated carbocycles. The Kier molecular flexibility index (Phi) is 12.0. The molecule has 1 unspecified atom stereocenters. The number of aliphatic hydroxyl groups is 1. The number of cyclic esters (lactones) is 1. The number of ether oxygens (including phenoxy) is 3. The fourth-order valence-electron chi connectivity index (χ4n) is 9.74. The number of pyridine rings is 2. The quantitative estimate of drug-likeness (QED) is 0.0606. The highest BCUT2D eigenvalue weighted by Gasteiger charge is 2.45. The molecule has 2 atom stereocenters. The van der Waals surface area contributed by atoms with Crippen LogP contribution in [0.5, 0.6) is 5.75 Å². The topological polar surface area (TPSA) is 140 Å². The molecule has 2 amide bonds. The highest BCUT2D eigenvalue weighted by Crippen LogP contribution is 2.46. The Morgan fingerprint density at radius 2 is 1.68 bits per heavy atom. The van der Waals surface area contributed by atoms with Crippen molar-refractivity contribution in [2.75, 3.05) is 25.3 Å². The van der Waals surface area contributed by atoms with Crippen LogP contribution in [0.15, 0.2) is 102 Å². The maximum atomic E-state index is 14.2. The first-order valence-corrected chi connectivity index (χ1v) is 22.7. The highest BCUT2D eigenvalue weighted by atomic mass is 16.6. The van der Waals surface area contributed by atoms with Crippen molar-refractivity contribution in [3.05, 3.63) is 146 Å². The van der Waals surface area contributed by atoms with E-state index in [0.29, 0.717) is 47.7 Å². The molecule has 9 rings (SSSR count). The Morgan fingerprint density at radius 3 is 2.46 bits per heavy atom. The number of carbonyl (C=O) groups is 3. The van der Waals surface area contributed by atoms with Crippen LogP contribution in [0.1, 0.15) is 104 Å². The SMILES string of the molecule is CCCCCCC(=O)N(C)Cc1ccc2c(c1)C(COC(=O)N(COc1ccc3nc4c(c(CC)c3c1)Cn1c-4cc3c(c1=O)COC(=O)[C@]3(O)CC)c1ccccc1)c1ccccc1-2. The molecule has 0 radical (unpaired) electrons. The highest BCUT2D eigenvalue weighted by molar-refractivity contribution is 5.91. The third-order valence-corrected chi connectivity index (χ3v) is 13.4. The summed E-state index contributed by atoms with van der Waals surface area (Å²) < 4.78 is 19.5. The van der Waals surface area contributed by atoms with E-state index in [9.17, 15) is 24.3 Å². The Balaban J connectivity index is 0.946. The number of hydrogen-bond donors (Lipinski definition) is 1. The molecular formula is C53H54N4O8. The van der Waals surface area contributed by atoms with E-state index in [1.165, 1.54) is 4.90 Å². The number of anilines is 1. The number of nitrogens with zero attached hydrogens (tertiary/aromatic N) is 4. The third kappa shape index (κ3) is 7.94. The summed E-state index contributed by atoms with van der Waals surface area (Å²) in [5.41, 5.74) is 8.06. The lowest BCUT2D eigenvalue weighted by Gasteiger charge is -2.31. The van der Waals surface area contributed by atoms with E-state index >= 15 is 0 Å². The molecule has 3 aliphatic rings. The minimum Gasteiger partial charge on any atom is -0.473 e. The van der Waals surface area contributed by atoms with Gasteiger partial charge in [0.05, 0.1) is 34.7 Å². The minimum absolute atomic E-state index is 0.0644. The second kappa shape index (κ2) is 18.0. The fourth-order valence-corrected chi connectivity index (χ4v) is 9.74. The molecule has 4 aromatic carbocycles. The van der Waals surface area contributed by atoms with Gasteiger partial charge in [-0.1, -0.05) is 101 Å².